The van der Waals surface area contributed by atoms with Crippen LogP contribution in [0.25, 0.3) is 10.8 Å². The summed E-state index contributed by atoms with van der Waals surface area (Å²) in [4.78, 5) is 19.2. The van der Waals surface area contributed by atoms with Crippen LogP contribution in [0.4, 0.5) is 0 Å². The molecular formula is C22H22N2O2. The van der Waals surface area contributed by atoms with Gasteiger partial charge in [0.2, 0.25) is 0 Å². The summed E-state index contributed by atoms with van der Waals surface area (Å²) in [5.41, 5.74) is 1.47. The Hall–Kier alpha value is -2.72. The molecule has 0 unspecified atom stereocenters. The number of aliphatic hydroxyl groups is 1. The first-order valence-corrected chi connectivity index (χ1v) is 9.10. The van der Waals surface area contributed by atoms with Crippen LogP contribution in [0.3, 0.4) is 0 Å². The van der Waals surface area contributed by atoms with E-state index >= 15 is 0 Å². The van der Waals surface area contributed by atoms with Gasteiger partial charge in [-0.05, 0) is 35.8 Å². The van der Waals surface area contributed by atoms with Gasteiger partial charge in [-0.2, -0.15) is 0 Å². The minimum atomic E-state index is -0.468. The van der Waals surface area contributed by atoms with E-state index in [9.17, 15) is 9.90 Å². The second-order valence-corrected chi connectivity index (χ2v) is 6.87. The molecule has 132 valence electrons. The minimum absolute atomic E-state index is 0.0190. The molecule has 3 aromatic rings. The lowest BCUT2D eigenvalue weighted by molar-refractivity contribution is 0.0460. The number of fused-ring (bicyclic) bond motifs is 1. The summed E-state index contributed by atoms with van der Waals surface area (Å²) >= 11 is 0. The number of piperidine rings is 1. The average molecular weight is 346 g/mol. The number of aliphatic hydroxyl groups excluding tert-OH is 1. The zero-order valence-electron chi connectivity index (χ0n) is 14.6. The summed E-state index contributed by atoms with van der Waals surface area (Å²) in [6, 6.07) is 19.5. The molecule has 2 heterocycles. The van der Waals surface area contributed by atoms with Crippen LogP contribution in [0, 0.1) is 5.92 Å². The zero-order valence-corrected chi connectivity index (χ0v) is 14.6. The fraction of sp³-hybridized carbons (Fsp3) is 0.273. The van der Waals surface area contributed by atoms with E-state index in [0.29, 0.717) is 18.8 Å². The van der Waals surface area contributed by atoms with E-state index in [1.54, 1.807) is 6.20 Å². The van der Waals surface area contributed by atoms with Crippen LogP contribution >= 0.6 is 0 Å². The number of nitrogens with zero attached hydrogens (tertiary/aromatic N) is 2. The van der Waals surface area contributed by atoms with E-state index in [1.807, 2.05) is 65.6 Å². The van der Waals surface area contributed by atoms with E-state index in [1.165, 1.54) is 0 Å². The van der Waals surface area contributed by atoms with Gasteiger partial charge in [0, 0.05) is 24.7 Å². The van der Waals surface area contributed by atoms with Crippen LogP contribution in [-0.2, 0) is 0 Å². The molecule has 4 rings (SSSR count). The lowest BCUT2D eigenvalue weighted by atomic mass is 9.87. The number of likely N-dealkylation sites (tertiary alicyclic amines) is 1. The van der Waals surface area contributed by atoms with Crippen molar-refractivity contribution in [2.24, 2.45) is 5.92 Å². The van der Waals surface area contributed by atoms with E-state index in [-0.39, 0.29) is 11.8 Å². The maximum atomic E-state index is 13.0. The maximum absolute atomic E-state index is 13.0. The highest BCUT2D eigenvalue weighted by atomic mass is 16.3. The van der Waals surface area contributed by atoms with Gasteiger partial charge in [-0.1, -0.05) is 54.6 Å². The number of amides is 1. The largest absolute Gasteiger partial charge is 0.388 e. The summed E-state index contributed by atoms with van der Waals surface area (Å²) in [5.74, 6) is 0.163. The number of rotatable bonds is 3. The van der Waals surface area contributed by atoms with Crippen molar-refractivity contribution >= 4 is 16.7 Å². The maximum Gasteiger partial charge on any atom is 0.273 e. The molecule has 1 atom stereocenters. The van der Waals surface area contributed by atoms with Gasteiger partial charge < -0.3 is 10.0 Å². The predicted molar refractivity (Wildman–Crippen MR) is 102 cm³/mol. The third kappa shape index (κ3) is 3.20. The topological polar surface area (TPSA) is 53.4 Å². The van der Waals surface area contributed by atoms with Crippen LogP contribution in [0.15, 0.2) is 66.9 Å². The second-order valence-electron chi connectivity index (χ2n) is 6.87. The molecular weight excluding hydrogens is 324 g/mol. The quantitative estimate of drug-likeness (QED) is 0.784. The summed E-state index contributed by atoms with van der Waals surface area (Å²) in [6.45, 7) is 1.30. The number of carbonyl (C=O) groups is 1. The minimum Gasteiger partial charge on any atom is -0.388 e. The molecule has 1 aromatic heterocycles. The van der Waals surface area contributed by atoms with Crippen LogP contribution in [0.5, 0.6) is 0 Å². The third-order valence-corrected chi connectivity index (χ3v) is 5.29. The van der Waals surface area contributed by atoms with Gasteiger partial charge in [-0.3, -0.25) is 9.78 Å². The monoisotopic (exact) mass is 346 g/mol. The zero-order chi connectivity index (χ0) is 17.9. The van der Waals surface area contributed by atoms with Crippen molar-refractivity contribution in [3.63, 3.8) is 0 Å². The van der Waals surface area contributed by atoms with Gasteiger partial charge in [0.1, 0.15) is 5.69 Å². The van der Waals surface area contributed by atoms with E-state index in [4.69, 9.17) is 0 Å². The molecule has 1 N–H and O–H groups in total. The van der Waals surface area contributed by atoms with Crippen molar-refractivity contribution in [3.05, 3.63) is 78.1 Å². The first kappa shape index (κ1) is 16.7. The Morgan fingerprint density at radius 3 is 2.46 bits per heavy atom. The number of carbonyl (C=O) groups excluding carboxylic acids is 1. The normalized spacial score (nSPS) is 16.6. The Morgan fingerprint density at radius 2 is 1.69 bits per heavy atom. The Labute approximate surface area is 153 Å². The van der Waals surface area contributed by atoms with Gasteiger partial charge in [-0.25, -0.2) is 0 Å². The molecule has 2 aromatic carbocycles. The highest BCUT2D eigenvalue weighted by Gasteiger charge is 2.29. The van der Waals surface area contributed by atoms with Crippen molar-refractivity contribution in [1.29, 1.82) is 0 Å². The van der Waals surface area contributed by atoms with Crippen molar-refractivity contribution in [2.75, 3.05) is 13.1 Å². The molecule has 1 amide bonds. The molecule has 26 heavy (non-hydrogen) atoms. The highest BCUT2D eigenvalue weighted by Crippen LogP contribution is 2.31. The number of pyridine rings is 1. The van der Waals surface area contributed by atoms with Crippen LogP contribution < -0.4 is 0 Å². The molecule has 0 aliphatic carbocycles. The summed E-state index contributed by atoms with van der Waals surface area (Å²) in [7, 11) is 0. The molecule has 1 fully saturated rings. The average Bonchev–Trinajstić information content (AvgIpc) is 2.73. The van der Waals surface area contributed by atoms with Gasteiger partial charge >= 0.3 is 0 Å². The second kappa shape index (κ2) is 7.26. The molecule has 1 aliphatic rings. The summed E-state index contributed by atoms with van der Waals surface area (Å²) < 4.78 is 0. The van der Waals surface area contributed by atoms with Crippen molar-refractivity contribution in [3.8, 4) is 0 Å². The Bertz CT molecular complexity index is 897. The third-order valence-electron chi connectivity index (χ3n) is 5.29. The smallest absolute Gasteiger partial charge is 0.273 e. The predicted octanol–water partition coefficient (Wildman–Crippen LogP) is 3.82. The van der Waals surface area contributed by atoms with Gasteiger partial charge in [0.05, 0.1) is 6.10 Å². The van der Waals surface area contributed by atoms with Crippen LogP contribution in [0.1, 0.15) is 35.0 Å². The highest BCUT2D eigenvalue weighted by molar-refractivity contribution is 6.05. The SMILES string of the molecule is O=C(c1nccc2ccccc12)N1CCC([C@@H](O)c2ccccc2)CC1. The molecule has 1 aliphatic heterocycles. The lowest BCUT2D eigenvalue weighted by Crippen LogP contribution is -2.40. The number of hydrogen-bond acceptors (Lipinski definition) is 3. The molecule has 4 heteroatoms. The van der Waals surface area contributed by atoms with E-state index in [0.717, 1.165) is 29.2 Å². The van der Waals surface area contributed by atoms with Crippen LogP contribution in [-0.4, -0.2) is 34.0 Å². The van der Waals surface area contributed by atoms with Crippen LogP contribution in [0.2, 0.25) is 0 Å². The first-order chi connectivity index (χ1) is 12.7. The standard InChI is InChI=1S/C22H22N2O2/c25-21(17-7-2-1-3-8-17)18-11-14-24(15-12-18)22(26)20-19-9-5-4-6-16(19)10-13-23-20/h1-10,13,18,21,25H,11-12,14-15H2/t21-/m0/s1. The molecule has 0 spiro atoms. The number of benzene rings is 2. The Morgan fingerprint density at radius 1 is 1.00 bits per heavy atom. The number of aromatic nitrogens is 1. The number of hydrogen-bond donors (Lipinski definition) is 1. The van der Waals surface area contributed by atoms with Crippen molar-refractivity contribution in [2.45, 2.75) is 18.9 Å². The molecule has 0 radical (unpaired) electrons. The summed E-state index contributed by atoms with van der Waals surface area (Å²) in [6.07, 6.45) is 2.82. The van der Waals surface area contributed by atoms with Gasteiger partial charge in [-0.15, -0.1) is 0 Å². The summed E-state index contributed by atoms with van der Waals surface area (Å²) in [5, 5.41) is 12.5. The van der Waals surface area contributed by atoms with Gasteiger partial charge in [0.15, 0.2) is 0 Å². The fourth-order valence-electron chi connectivity index (χ4n) is 3.78. The fourth-order valence-corrected chi connectivity index (χ4v) is 3.78. The van der Waals surface area contributed by atoms with E-state index < -0.39 is 6.10 Å². The van der Waals surface area contributed by atoms with E-state index in [2.05, 4.69) is 4.98 Å². The Kier molecular flexibility index (Phi) is 4.67. The lowest BCUT2D eigenvalue weighted by Gasteiger charge is -2.34. The molecule has 0 saturated carbocycles. The van der Waals surface area contributed by atoms with Crippen molar-refractivity contribution < 1.29 is 9.90 Å². The molecule has 1 saturated heterocycles. The van der Waals surface area contributed by atoms with Gasteiger partial charge in [0.25, 0.3) is 5.91 Å². The molecule has 0 bridgehead atoms. The van der Waals surface area contributed by atoms with Crippen molar-refractivity contribution in [1.82, 2.24) is 9.88 Å². The first-order valence-electron chi connectivity index (χ1n) is 9.10. The Balaban J connectivity index is 1.47. The molecule has 4 nitrogen and oxygen atoms in total.